The molecule has 0 fully saturated rings. The zero-order valence-corrected chi connectivity index (χ0v) is 9.26. The van der Waals surface area contributed by atoms with Crippen LogP contribution in [0.5, 0.6) is 0 Å². The van der Waals surface area contributed by atoms with Crippen molar-refractivity contribution in [3.05, 3.63) is 12.2 Å². The molecule has 0 radical (unpaired) electrons. The minimum absolute atomic E-state index is 0.0169. The summed E-state index contributed by atoms with van der Waals surface area (Å²) in [5.41, 5.74) is 5.29. The van der Waals surface area contributed by atoms with Crippen LogP contribution < -0.4 is 11.1 Å². The molecule has 3 nitrogen and oxygen atoms in total. The van der Waals surface area contributed by atoms with Crippen molar-refractivity contribution in [2.45, 2.75) is 11.3 Å². The van der Waals surface area contributed by atoms with E-state index in [4.69, 9.17) is 28.9 Å². The molecular formula is C9H14Cl2N2O. The Morgan fingerprint density at radius 2 is 2.36 bits per heavy atom. The van der Waals surface area contributed by atoms with Crippen LogP contribution in [0.15, 0.2) is 12.2 Å². The number of hydrogen-bond acceptors (Lipinski definition) is 2. The van der Waals surface area contributed by atoms with Crippen molar-refractivity contribution in [2.75, 3.05) is 13.1 Å². The van der Waals surface area contributed by atoms with Gasteiger partial charge in [-0.3, -0.25) is 4.79 Å². The van der Waals surface area contributed by atoms with Gasteiger partial charge in [0, 0.05) is 19.0 Å². The fraction of sp³-hybridized carbons (Fsp3) is 0.667. The van der Waals surface area contributed by atoms with Gasteiger partial charge in [0.05, 0.1) is 5.92 Å². The molecule has 0 aliphatic heterocycles. The number of hydrogen-bond donors (Lipinski definition) is 2. The van der Waals surface area contributed by atoms with E-state index in [1.54, 1.807) is 0 Å². The smallest absolute Gasteiger partial charge is 0.224 e. The molecule has 1 rings (SSSR count). The first-order valence-electron chi connectivity index (χ1n) is 4.59. The van der Waals surface area contributed by atoms with Gasteiger partial charge < -0.3 is 11.1 Å². The van der Waals surface area contributed by atoms with Crippen LogP contribution in [0.25, 0.3) is 0 Å². The zero-order chi connectivity index (χ0) is 10.6. The highest BCUT2D eigenvalue weighted by atomic mass is 35.5. The van der Waals surface area contributed by atoms with Crippen molar-refractivity contribution < 1.29 is 4.79 Å². The maximum absolute atomic E-state index is 11.6. The number of nitrogens with two attached hydrogens (primary N) is 1. The summed E-state index contributed by atoms with van der Waals surface area (Å²) in [5, 5.41) is 2.74. The second kappa shape index (κ2) is 5.59. The molecule has 0 saturated heterocycles. The molecule has 1 aliphatic carbocycles. The summed E-state index contributed by atoms with van der Waals surface area (Å²) in [6, 6.07) is 0. The predicted octanol–water partition coefficient (Wildman–Crippen LogP) is 1.06. The molecule has 0 aromatic heterocycles. The Labute approximate surface area is 93.6 Å². The minimum Gasteiger partial charge on any atom is -0.355 e. The van der Waals surface area contributed by atoms with Crippen LogP contribution >= 0.6 is 23.2 Å². The lowest BCUT2D eigenvalue weighted by Crippen LogP contribution is -2.37. The molecular weight excluding hydrogens is 223 g/mol. The third-order valence-corrected chi connectivity index (χ3v) is 2.87. The summed E-state index contributed by atoms with van der Waals surface area (Å²) in [6.07, 6.45) is 4.55. The van der Waals surface area contributed by atoms with Gasteiger partial charge in [0.25, 0.3) is 0 Å². The van der Waals surface area contributed by atoms with Gasteiger partial charge in [-0.1, -0.05) is 12.2 Å². The zero-order valence-electron chi connectivity index (χ0n) is 7.75. The number of halogens is 2. The van der Waals surface area contributed by atoms with Gasteiger partial charge in [0.15, 0.2) is 0 Å². The van der Waals surface area contributed by atoms with E-state index in [9.17, 15) is 4.79 Å². The molecule has 1 aliphatic rings. The molecule has 2 unspecified atom stereocenters. The largest absolute Gasteiger partial charge is 0.355 e. The Kier molecular flexibility index (Phi) is 4.72. The first-order valence-corrected chi connectivity index (χ1v) is 5.46. The summed E-state index contributed by atoms with van der Waals surface area (Å²) in [7, 11) is 0. The normalized spacial score (nSPS) is 25.7. The summed E-state index contributed by atoms with van der Waals surface area (Å²) in [4.78, 5) is 11.1. The average Bonchev–Trinajstić information content (AvgIpc) is 2.62. The van der Waals surface area contributed by atoms with E-state index in [2.05, 4.69) is 5.32 Å². The molecule has 0 aromatic carbocycles. The standard InChI is InChI=1S/C9H14Cl2N2O/c10-8(11)6-2-1-3-7(6)9(14)13-5-4-12/h1-2,6-8H,3-5,12H2,(H,13,14). The Morgan fingerprint density at radius 1 is 1.64 bits per heavy atom. The Morgan fingerprint density at radius 3 is 2.93 bits per heavy atom. The van der Waals surface area contributed by atoms with Gasteiger partial charge in [-0.05, 0) is 6.42 Å². The van der Waals surface area contributed by atoms with E-state index in [-0.39, 0.29) is 17.7 Å². The van der Waals surface area contributed by atoms with Crippen LogP contribution in [-0.4, -0.2) is 23.8 Å². The molecule has 0 spiro atoms. The molecule has 5 heteroatoms. The van der Waals surface area contributed by atoms with Gasteiger partial charge in [0.2, 0.25) is 5.91 Å². The second-order valence-electron chi connectivity index (χ2n) is 3.26. The Hall–Kier alpha value is -0.250. The molecule has 14 heavy (non-hydrogen) atoms. The lowest BCUT2D eigenvalue weighted by Gasteiger charge is -2.19. The molecule has 3 N–H and O–H groups in total. The summed E-state index contributed by atoms with van der Waals surface area (Å²) < 4.78 is 0. The summed E-state index contributed by atoms with van der Waals surface area (Å²) in [6.45, 7) is 0.943. The van der Waals surface area contributed by atoms with Gasteiger partial charge in [0.1, 0.15) is 4.84 Å². The number of alkyl halides is 2. The van der Waals surface area contributed by atoms with E-state index >= 15 is 0 Å². The minimum atomic E-state index is -0.526. The highest BCUT2D eigenvalue weighted by Gasteiger charge is 2.32. The van der Waals surface area contributed by atoms with Crippen molar-refractivity contribution in [2.24, 2.45) is 17.6 Å². The van der Waals surface area contributed by atoms with E-state index in [0.29, 0.717) is 19.5 Å². The van der Waals surface area contributed by atoms with Crippen LogP contribution in [0.2, 0.25) is 0 Å². The van der Waals surface area contributed by atoms with Crippen LogP contribution in [0.1, 0.15) is 6.42 Å². The number of allylic oxidation sites excluding steroid dienone is 2. The van der Waals surface area contributed by atoms with Crippen LogP contribution in [-0.2, 0) is 4.79 Å². The molecule has 0 heterocycles. The highest BCUT2D eigenvalue weighted by Crippen LogP contribution is 2.32. The lowest BCUT2D eigenvalue weighted by atomic mass is 9.96. The van der Waals surface area contributed by atoms with Crippen molar-refractivity contribution in [1.29, 1.82) is 0 Å². The second-order valence-corrected chi connectivity index (χ2v) is 4.43. The molecule has 1 amide bonds. The summed E-state index contributed by atoms with van der Waals surface area (Å²) in [5.74, 6) is -0.227. The average molecular weight is 237 g/mol. The SMILES string of the molecule is NCCNC(=O)C1CC=CC1C(Cl)Cl. The van der Waals surface area contributed by atoms with Crippen molar-refractivity contribution in [3.8, 4) is 0 Å². The van der Waals surface area contributed by atoms with Crippen molar-refractivity contribution >= 4 is 29.1 Å². The Bertz CT molecular complexity index is 231. The number of nitrogens with one attached hydrogen (secondary N) is 1. The van der Waals surface area contributed by atoms with Gasteiger partial charge in [-0.25, -0.2) is 0 Å². The van der Waals surface area contributed by atoms with Gasteiger partial charge in [-0.15, -0.1) is 23.2 Å². The van der Waals surface area contributed by atoms with Crippen LogP contribution in [0.4, 0.5) is 0 Å². The first kappa shape index (κ1) is 11.8. The van der Waals surface area contributed by atoms with E-state index in [1.807, 2.05) is 12.2 Å². The first-order chi connectivity index (χ1) is 6.66. The molecule has 0 bridgehead atoms. The van der Waals surface area contributed by atoms with Crippen LogP contribution in [0.3, 0.4) is 0 Å². The molecule has 2 atom stereocenters. The fourth-order valence-electron chi connectivity index (χ4n) is 1.54. The van der Waals surface area contributed by atoms with Crippen molar-refractivity contribution in [1.82, 2.24) is 5.32 Å². The number of amides is 1. The predicted molar refractivity (Wildman–Crippen MR) is 58.3 cm³/mol. The fourth-order valence-corrected chi connectivity index (χ4v) is 2.06. The van der Waals surface area contributed by atoms with Gasteiger partial charge in [-0.2, -0.15) is 0 Å². The molecule has 80 valence electrons. The number of rotatable bonds is 4. The molecule has 0 aromatic rings. The number of carbonyl (C=O) groups excluding carboxylic acids is 1. The third kappa shape index (κ3) is 2.87. The maximum atomic E-state index is 11.6. The van der Waals surface area contributed by atoms with E-state index < -0.39 is 4.84 Å². The van der Waals surface area contributed by atoms with Crippen molar-refractivity contribution in [3.63, 3.8) is 0 Å². The maximum Gasteiger partial charge on any atom is 0.224 e. The number of carbonyl (C=O) groups is 1. The van der Waals surface area contributed by atoms with Crippen LogP contribution in [0, 0.1) is 11.8 Å². The van der Waals surface area contributed by atoms with Gasteiger partial charge >= 0.3 is 0 Å². The highest BCUT2D eigenvalue weighted by molar-refractivity contribution is 6.44. The Balaban J connectivity index is 2.47. The quantitative estimate of drug-likeness (QED) is 0.567. The molecule has 0 saturated carbocycles. The lowest BCUT2D eigenvalue weighted by molar-refractivity contribution is -0.125. The monoisotopic (exact) mass is 236 g/mol. The van der Waals surface area contributed by atoms with E-state index in [0.717, 1.165) is 0 Å². The van der Waals surface area contributed by atoms with E-state index in [1.165, 1.54) is 0 Å². The third-order valence-electron chi connectivity index (χ3n) is 2.28. The topological polar surface area (TPSA) is 55.1 Å². The summed E-state index contributed by atoms with van der Waals surface area (Å²) >= 11 is 11.5.